The third-order valence-corrected chi connectivity index (χ3v) is 3.70. The summed E-state index contributed by atoms with van der Waals surface area (Å²) in [6, 6.07) is 7.99. The van der Waals surface area contributed by atoms with Crippen LogP contribution in [0.1, 0.15) is 39.2 Å². The third kappa shape index (κ3) is 7.45. The van der Waals surface area contributed by atoms with Crippen LogP contribution in [0.2, 0.25) is 0 Å². The second-order valence-electron chi connectivity index (χ2n) is 6.50. The van der Waals surface area contributed by atoms with Gasteiger partial charge in [-0.1, -0.05) is 12.1 Å². The summed E-state index contributed by atoms with van der Waals surface area (Å²) in [4.78, 5) is 16.2. The zero-order chi connectivity index (χ0) is 18.1. The lowest BCUT2D eigenvalue weighted by Gasteiger charge is -2.13. The van der Waals surface area contributed by atoms with Crippen molar-refractivity contribution < 1.29 is 9.53 Å². The molecule has 0 aliphatic heterocycles. The lowest BCUT2D eigenvalue weighted by molar-refractivity contribution is -0.122. The molecule has 1 aliphatic rings. The molecule has 0 radical (unpaired) electrons. The number of carbonyl (C=O) groups is 1. The van der Waals surface area contributed by atoms with E-state index in [0.29, 0.717) is 19.6 Å². The summed E-state index contributed by atoms with van der Waals surface area (Å²) >= 11 is 0. The van der Waals surface area contributed by atoms with E-state index in [1.165, 1.54) is 0 Å². The minimum atomic E-state index is 0.156. The summed E-state index contributed by atoms with van der Waals surface area (Å²) < 4.78 is 5.72. The van der Waals surface area contributed by atoms with Gasteiger partial charge in [-0.05, 0) is 51.3 Å². The molecule has 25 heavy (non-hydrogen) atoms. The van der Waals surface area contributed by atoms with Crippen LogP contribution in [0.5, 0.6) is 5.75 Å². The van der Waals surface area contributed by atoms with Gasteiger partial charge in [0.1, 0.15) is 5.75 Å². The van der Waals surface area contributed by atoms with E-state index in [9.17, 15) is 4.79 Å². The van der Waals surface area contributed by atoms with Crippen LogP contribution >= 0.6 is 0 Å². The van der Waals surface area contributed by atoms with E-state index in [0.717, 1.165) is 36.7 Å². The summed E-state index contributed by atoms with van der Waals surface area (Å²) in [5.41, 5.74) is 1.09. The normalized spacial score (nSPS) is 14.3. The lowest BCUT2D eigenvalue weighted by Crippen LogP contribution is -2.41. The fourth-order valence-corrected chi connectivity index (χ4v) is 2.36. The number of aliphatic imine (C=N–C) groups is 1. The molecule has 0 atom stereocenters. The summed E-state index contributed by atoms with van der Waals surface area (Å²) in [6.45, 7) is 8.68. The Labute approximate surface area is 150 Å². The summed E-state index contributed by atoms with van der Waals surface area (Å²) in [6.07, 6.45) is 2.22. The number of rotatable bonds is 9. The van der Waals surface area contributed by atoms with E-state index in [1.807, 2.05) is 45.0 Å². The van der Waals surface area contributed by atoms with Crippen molar-refractivity contribution in [3.05, 3.63) is 29.8 Å². The highest BCUT2D eigenvalue weighted by Gasteiger charge is 2.28. The van der Waals surface area contributed by atoms with Crippen LogP contribution in [0.3, 0.4) is 0 Å². The molecule has 3 N–H and O–H groups in total. The molecule has 138 valence electrons. The first-order chi connectivity index (χ1) is 12.1. The fourth-order valence-electron chi connectivity index (χ4n) is 2.36. The van der Waals surface area contributed by atoms with Crippen molar-refractivity contribution in [2.75, 3.05) is 19.6 Å². The Kier molecular flexibility index (Phi) is 7.57. The molecule has 0 heterocycles. The number of ether oxygens (including phenoxy) is 1. The Morgan fingerprint density at radius 2 is 2.00 bits per heavy atom. The maximum atomic E-state index is 11.6. The first-order valence-electron chi connectivity index (χ1n) is 9.14. The van der Waals surface area contributed by atoms with Crippen molar-refractivity contribution in [3.63, 3.8) is 0 Å². The summed E-state index contributed by atoms with van der Waals surface area (Å²) in [5, 5.41) is 9.40. The number of hydrogen-bond donors (Lipinski definition) is 3. The Morgan fingerprint density at radius 1 is 1.24 bits per heavy atom. The first-order valence-corrected chi connectivity index (χ1v) is 9.14. The SMILES string of the molecule is CCNC(=NCc1cccc(OC(C)C)c1)NCCNC(=O)C1CC1. The van der Waals surface area contributed by atoms with Gasteiger partial charge < -0.3 is 20.7 Å². The average molecular weight is 346 g/mol. The average Bonchev–Trinajstić information content (AvgIpc) is 3.41. The van der Waals surface area contributed by atoms with Gasteiger partial charge in [0.15, 0.2) is 5.96 Å². The van der Waals surface area contributed by atoms with Gasteiger partial charge >= 0.3 is 0 Å². The molecule has 2 rings (SSSR count). The zero-order valence-electron chi connectivity index (χ0n) is 15.5. The third-order valence-electron chi connectivity index (χ3n) is 3.70. The maximum absolute atomic E-state index is 11.6. The second-order valence-corrected chi connectivity index (χ2v) is 6.50. The van der Waals surface area contributed by atoms with Crippen LogP contribution in [0.25, 0.3) is 0 Å². The van der Waals surface area contributed by atoms with E-state index in [-0.39, 0.29) is 17.9 Å². The molecular formula is C19H30N4O2. The van der Waals surface area contributed by atoms with Crippen molar-refractivity contribution in [1.82, 2.24) is 16.0 Å². The van der Waals surface area contributed by atoms with Gasteiger partial charge in [-0.15, -0.1) is 0 Å². The van der Waals surface area contributed by atoms with Gasteiger partial charge in [-0.25, -0.2) is 4.99 Å². The van der Waals surface area contributed by atoms with Crippen LogP contribution in [0.15, 0.2) is 29.3 Å². The smallest absolute Gasteiger partial charge is 0.223 e. The van der Waals surface area contributed by atoms with Crippen LogP contribution in [0, 0.1) is 5.92 Å². The van der Waals surface area contributed by atoms with Crippen molar-refractivity contribution in [3.8, 4) is 5.75 Å². The molecule has 0 aromatic heterocycles. The molecule has 0 bridgehead atoms. The molecule has 0 saturated heterocycles. The standard InChI is InChI=1S/C19H30N4O2/c1-4-20-19(22-11-10-21-18(24)16-8-9-16)23-13-15-6-5-7-17(12-15)25-14(2)3/h5-7,12,14,16H,4,8-11,13H2,1-3H3,(H,21,24)(H2,20,22,23). The van der Waals surface area contributed by atoms with Crippen LogP contribution in [0.4, 0.5) is 0 Å². The minimum absolute atomic E-state index is 0.156. The zero-order valence-corrected chi connectivity index (χ0v) is 15.5. The van der Waals surface area contributed by atoms with Crippen LogP contribution in [-0.2, 0) is 11.3 Å². The first kappa shape index (κ1) is 19.1. The van der Waals surface area contributed by atoms with Gasteiger partial charge in [0.25, 0.3) is 0 Å². The molecule has 1 aromatic carbocycles. The number of guanidine groups is 1. The van der Waals surface area contributed by atoms with Crippen LogP contribution in [-0.4, -0.2) is 37.6 Å². The number of amides is 1. The van der Waals surface area contributed by atoms with Crippen molar-refractivity contribution in [2.45, 2.75) is 46.3 Å². The number of nitrogens with zero attached hydrogens (tertiary/aromatic N) is 1. The monoisotopic (exact) mass is 346 g/mol. The Morgan fingerprint density at radius 3 is 2.68 bits per heavy atom. The highest BCUT2D eigenvalue weighted by Crippen LogP contribution is 2.28. The largest absolute Gasteiger partial charge is 0.491 e. The Hall–Kier alpha value is -2.24. The van der Waals surface area contributed by atoms with Gasteiger partial charge in [-0.2, -0.15) is 0 Å². The van der Waals surface area contributed by atoms with Crippen LogP contribution < -0.4 is 20.7 Å². The molecule has 1 saturated carbocycles. The van der Waals surface area contributed by atoms with E-state index in [4.69, 9.17) is 4.74 Å². The van der Waals surface area contributed by atoms with Gasteiger partial charge in [0.2, 0.25) is 5.91 Å². The van der Waals surface area contributed by atoms with Gasteiger partial charge in [0.05, 0.1) is 12.6 Å². The maximum Gasteiger partial charge on any atom is 0.223 e. The highest BCUT2D eigenvalue weighted by atomic mass is 16.5. The quantitative estimate of drug-likeness (QED) is 0.363. The predicted octanol–water partition coefficient (Wildman–Crippen LogP) is 2.06. The molecule has 1 aromatic rings. The topological polar surface area (TPSA) is 74.8 Å². The number of hydrogen-bond acceptors (Lipinski definition) is 3. The molecule has 0 spiro atoms. The predicted molar refractivity (Wildman–Crippen MR) is 101 cm³/mol. The van der Waals surface area contributed by atoms with E-state index in [2.05, 4.69) is 20.9 Å². The Bertz CT molecular complexity index is 583. The summed E-state index contributed by atoms with van der Waals surface area (Å²) in [7, 11) is 0. The summed E-state index contributed by atoms with van der Waals surface area (Å²) in [5.74, 6) is 2.04. The second kappa shape index (κ2) is 9.91. The fraction of sp³-hybridized carbons (Fsp3) is 0.579. The van der Waals surface area contributed by atoms with E-state index in [1.54, 1.807) is 0 Å². The van der Waals surface area contributed by atoms with Crippen molar-refractivity contribution in [2.24, 2.45) is 10.9 Å². The van der Waals surface area contributed by atoms with E-state index >= 15 is 0 Å². The number of carbonyl (C=O) groups excluding carboxylic acids is 1. The van der Waals surface area contributed by atoms with Crippen molar-refractivity contribution in [1.29, 1.82) is 0 Å². The van der Waals surface area contributed by atoms with E-state index < -0.39 is 0 Å². The number of benzene rings is 1. The molecule has 1 amide bonds. The molecular weight excluding hydrogens is 316 g/mol. The lowest BCUT2D eigenvalue weighted by atomic mass is 10.2. The molecule has 1 aliphatic carbocycles. The number of nitrogens with one attached hydrogen (secondary N) is 3. The Balaban J connectivity index is 1.80. The molecule has 6 nitrogen and oxygen atoms in total. The highest BCUT2D eigenvalue weighted by molar-refractivity contribution is 5.81. The van der Waals surface area contributed by atoms with Gasteiger partial charge in [0, 0.05) is 25.6 Å². The van der Waals surface area contributed by atoms with Crippen molar-refractivity contribution >= 4 is 11.9 Å². The molecule has 1 fully saturated rings. The molecule has 0 unspecified atom stereocenters. The molecule has 6 heteroatoms. The van der Waals surface area contributed by atoms with Gasteiger partial charge in [-0.3, -0.25) is 4.79 Å². The minimum Gasteiger partial charge on any atom is -0.491 e.